The fraction of sp³-hybridized carbons (Fsp3) is 0.417. The van der Waals surface area contributed by atoms with Crippen LogP contribution >= 0.6 is 0 Å². The van der Waals surface area contributed by atoms with Crippen molar-refractivity contribution in [3.8, 4) is 16.9 Å². The Labute approximate surface area is 205 Å². The van der Waals surface area contributed by atoms with Gasteiger partial charge in [0.25, 0.3) is 0 Å². The third kappa shape index (κ3) is 5.64. The third-order valence-corrected chi connectivity index (χ3v) is 8.14. The summed E-state index contributed by atoms with van der Waals surface area (Å²) in [5.74, 6) is 0.125. The second kappa shape index (κ2) is 10.7. The number of ether oxygens (including phenoxy) is 1. The van der Waals surface area contributed by atoms with Gasteiger partial charge in [0.15, 0.2) is 0 Å². The topological polar surface area (TPSA) is 122 Å². The van der Waals surface area contributed by atoms with Crippen molar-refractivity contribution in [2.75, 3.05) is 26.7 Å². The number of hydrogen-bond donors (Lipinski definition) is 1. The van der Waals surface area contributed by atoms with E-state index in [1.54, 1.807) is 49.9 Å². The van der Waals surface area contributed by atoms with Gasteiger partial charge >= 0.3 is 0 Å². The van der Waals surface area contributed by atoms with Crippen molar-refractivity contribution in [2.24, 2.45) is 5.92 Å². The van der Waals surface area contributed by atoms with Crippen molar-refractivity contribution >= 4 is 10.0 Å². The maximum atomic E-state index is 13.6. The van der Waals surface area contributed by atoms with Crippen LogP contribution in [0.3, 0.4) is 0 Å². The Bertz CT molecular complexity index is 1230. The summed E-state index contributed by atoms with van der Waals surface area (Å²) in [6.45, 7) is 4.80. The van der Waals surface area contributed by atoms with Gasteiger partial charge in [0.2, 0.25) is 10.0 Å². The van der Waals surface area contributed by atoms with Crippen LogP contribution in [-0.2, 0) is 16.6 Å². The predicted molar refractivity (Wildman–Crippen MR) is 130 cm³/mol. The van der Waals surface area contributed by atoms with Crippen LogP contribution in [0.5, 0.6) is 5.75 Å². The molecule has 1 aromatic carbocycles. The van der Waals surface area contributed by atoms with E-state index in [0.717, 1.165) is 16.7 Å². The number of nitrogens with zero attached hydrogens (tertiary/aromatic N) is 6. The minimum absolute atomic E-state index is 0.0782. The van der Waals surface area contributed by atoms with Gasteiger partial charge in [-0.25, -0.2) is 28.4 Å². The van der Waals surface area contributed by atoms with Crippen molar-refractivity contribution in [3.63, 3.8) is 0 Å². The molecule has 0 fully saturated rings. The zero-order valence-electron chi connectivity index (χ0n) is 20.0. The van der Waals surface area contributed by atoms with Crippen LogP contribution in [-0.4, -0.2) is 81.6 Å². The number of fused-ring (bicyclic) bond motifs is 1. The number of aromatic nitrogens is 4. The molecule has 0 spiro atoms. The van der Waals surface area contributed by atoms with E-state index in [9.17, 15) is 13.5 Å². The number of aliphatic hydroxyl groups excluding tert-OH is 1. The van der Waals surface area contributed by atoms with Crippen molar-refractivity contribution in [1.82, 2.24) is 29.1 Å². The van der Waals surface area contributed by atoms with Crippen molar-refractivity contribution < 1.29 is 18.3 Å². The number of rotatable bonds is 7. The lowest BCUT2D eigenvalue weighted by Gasteiger charge is -2.37. The molecule has 35 heavy (non-hydrogen) atoms. The highest BCUT2D eigenvalue weighted by atomic mass is 32.2. The summed E-state index contributed by atoms with van der Waals surface area (Å²) >= 11 is 0. The monoisotopic (exact) mass is 498 g/mol. The van der Waals surface area contributed by atoms with Gasteiger partial charge < -0.3 is 9.84 Å². The molecule has 0 saturated heterocycles. The molecule has 0 bridgehead atoms. The second-order valence-corrected chi connectivity index (χ2v) is 10.8. The summed E-state index contributed by atoms with van der Waals surface area (Å²) in [4.78, 5) is 18.5. The molecule has 1 N–H and O–H groups in total. The molecular formula is C24H30N6O4S. The molecule has 1 aliphatic rings. The molecule has 10 nitrogen and oxygen atoms in total. The highest BCUT2D eigenvalue weighted by molar-refractivity contribution is 7.89. The van der Waals surface area contributed by atoms with Gasteiger partial charge in [0.1, 0.15) is 29.4 Å². The maximum Gasteiger partial charge on any atom is 0.247 e. The molecule has 2 aromatic heterocycles. The highest BCUT2D eigenvalue weighted by Gasteiger charge is 2.38. The van der Waals surface area contributed by atoms with Gasteiger partial charge in [0.05, 0.1) is 6.61 Å². The highest BCUT2D eigenvalue weighted by Crippen LogP contribution is 2.36. The normalized spacial score (nSPS) is 20.9. The predicted octanol–water partition coefficient (Wildman–Crippen LogP) is 1.83. The van der Waals surface area contributed by atoms with E-state index in [4.69, 9.17) is 4.74 Å². The molecule has 4 rings (SSSR count). The maximum absolute atomic E-state index is 13.6. The van der Waals surface area contributed by atoms with E-state index < -0.39 is 16.1 Å². The summed E-state index contributed by atoms with van der Waals surface area (Å²) in [7, 11) is -1.92. The summed E-state index contributed by atoms with van der Waals surface area (Å²) in [6.07, 6.45) is 9.50. The van der Waals surface area contributed by atoms with Crippen LogP contribution in [0.25, 0.3) is 11.1 Å². The smallest absolute Gasteiger partial charge is 0.247 e. The van der Waals surface area contributed by atoms with E-state index >= 15 is 0 Å². The SMILES string of the molecule is C[C@@H]1CN([C@H](C)CO)S(=O)(=O)c2ccc(-c3cncnc3)cc2O[C@@H]1CN(C)Cc1cncnc1. The average Bonchev–Trinajstić information content (AvgIpc) is 2.86. The Hall–Kier alpha value is -2.99. The molecule has 0 unspecified atom stereocenters. The van der Waals surface area contributed by atoms with Gasteiger partial charge in [0, 0.05) is 67.5 Å². The largest absolute Gasteiger partial charge is 0.487 e. The first kappa shape index (κ1) is 25.1. The van der Waals surface area contributed by atoms with Gasteiger partial charge in [-0.2, -0.15) is 4.31 Å². The fourth-order valence-corrected chi connectivity index (χ4v) is 5.99. The zero-order chi connectivity index (χ0) is 25.0. The van der Waals surface area contributed by atoms with Crippen LogP contribution < -0.4 is 4.74 Å². The molecule has 3 aromatic rings. The van der Waals surface area contributed by atoms with E-state index in [1.807, 2.05) is 14.0 Å². The number of sulfonamides is 1. The van der Waals surface area contributed by atoms with E-state index in [-0.39, 0.29) is 35.8 Å². The van der Waals surface area contributed by atoms with E-state index in [0.29, 0.717) is 13.1 Å². The first-order chi connectivity index (χ1) is 16.8. The zero-order valence-corrected chi connectivity index (χ0v) is 20.8. The van der Waals surface area contributed by atoms with Crippen molar-refractivity contribution in [3.05, 3.63) is 61.2 Å². The Kier molecular flexibility index (Phi) is 7.70. The van der Waals surface area contributed by atoms with E-state index in [1.165, 1.54) is 17.0 Å². The van der Waals surface area contributed by atoms with E-state index in [2.05, 4.69) is 24.8 Å². The standard InChI is InChI=1S/C24H30N6O4S/c1-17-11-30(18(2)14-31)35(32,33)24-5-4-20(21-9-27-16-28-10-21)6-22(24)34-23(17)13-29(3)12-19-7-25-15-26-8-19/h4-10,15-18,23,31H,11-14H2,1-3H3/t17-,18-,23-/m1/s1. The molecule has 0 saturated carbocycles. The average molecular weight is 499 g/mol. The molecule has 0 aliphatic carbocycles. The van der Waals surface area contributed by atoms with Crippen molar-refractivity contribution in [2.45, 2.75) is 37.4 Å². The van der Waals surface area contributed by atoms with Gasteiger partial charge in [-0.3, -0.25) is 4.90 Å². The lowest BCUT2D eigenvalue weighted by molar-refractivity contribution is 0.0733. The summed E-state index contributed by atoms with van der Waals surface area (Å²) in [5, 5.41) is 9.81. The quantitative estimate of drug-likeness (QED) is 0.520. The summed E-state index contributed by atoms with van der Waals surface area (Å²) in [6, 6.07) is 4.43. The molecule has 1 aliphatic heterocycles. The summed E-state index contributed by atoms with van der Waals surface area (Å²) < 4.78 is 35.1. The van der Waals surface area contributed by atoms with Crippen LogP contribution in [0.2, 0.25) is 0 Å². The molecule has 3 heterocycles. The lowest BCUT2D eigenvalue weighted by Crippen LogP contribution is -2.49. The number of benzene rings is 1. The molecule has 3 atom stereocenters. The third-order valence-electron chi connectivity index (χ3n) is 6.12. The molecule has 186 valence electrons. The first-order valence-electron chi connectivity index (χ1n) is 11.4. The van der Waals surface area contributed by atoms with Gasteiger partial charge in [-0.1, -0.05) is 13.0 Å². The van der Waals surface area contributed by atoms with Crippen LogP contribution in [0.15, 0.2) is 60.5 Å². The Morgan fingerprint density at radius 1 is 1.11 bits per heavy atom. The van der Waals surface area contributed by atoms with Gasteiger partial charge in [-0.05, 0) is 31.7 Å². The second-order valence-electron chi connectivity index (χ2n) is 8.97. The lowest BCUT2D eigenvalue weighted by atomic mass is 10.0. The Morgan fingerprint density at radius 2 is 1.77 bits per heavy atom. The minimum atomic E-state index is -3.90. The first-order valence-corrected chi connectivity index (χ1v) is 12.8. The van der Waals surface area contributed by atoms with Crippen molar-refractivity contribution in [1.29, 1.82) is 0 Å². The summed E-state index contributed by atoms with van der Waals surface area (Å²) in [5.41, 5.74) is 2.48. The van der Waals surface area contributed by atoms with Crippen LogP contribution in [0.4, 0.5) is 0 Å². The molecular weight excluding hydrogens is 468 g/mol. The van der Waals surface area contributed by atoms with Gasteiger partial charge in [-0.15, -0.1) is 0 Å². The molecule has 0 radical (unpaired) electrons. The van der Waals surface area contributed by atoms with Crippen LogP contribution in [0.1, 0.15) is 19.4 Å². The Balaban J connectivity index is 1.72. The Morgan fingerprint density at radius 3 is 2.43 bits per heavy atom. The minimum Gasteiger partial charge on any atom is -0.487 e. The number of aliphatic hydroxyl groups is 1. The number of hydrogen-bond acceptors (Lipinski definition) is 9. The fourth-order valence-electron chi connectivity index (χ4n) is 4.17. The molecule has 11 heteroatoms. The number of likely N-dealkylation sites (N-methyl/N-ethyl adjacent to an activating group) is 1. The molecule has 0 amide bonds. The van der Waals surface area contributed by atoms with Crippen LogP contribution in [0, 0.1) is 5.92 Å².